The van der Waals surface area contributed by atoms with E-state index in [2.05, 4.69) is 83.4 Å². The van der Waals surface area contributed by atoms with Gasteiger partial charge in [-0.3, -0.25) is 0 Å². The fourth-order valence-electron chi connectivity index (χ4n) is 6.55. The smallest absolute Gasteiger partial charge is 0.138 e. The average Bonchev–Trinajstić information content (AvgIpc) is 3.07. The first-order chi connectivity index (χ1) is 22.6. The van der Waals surface area contributed by atoms with Crippen molar-refractivity contribution in [2.45, 2.75) is 38.5 Å². The molecule has 0 fully saturated rings. The van der Waals surface area contributed by atoms with Gasteiger partial charge in [-0.15, -0.1) is 0 Å². The topological polar surface area (TPSA) is 61.0 Å². The third-order valence-electron chi connectivity index (χ3n) is 8.71. The summed E-state index contributed by atoms with van der Waals surface area (Å²) in [5.74, 6) is 3.59. The molecule has 12 bridgehead atoms. The molecule has 2 N–H and O–H groups in total. The van der Waals surface area contributed by atoms with Crippen LogP contribution < -0.4 is 29.6 Å². The van der Waals surface area contributed by atoms with Crippen LogP contribution in [0, 0.1) is 0 Å². The maximum absolute atomic E-state index is 6.63. The summed E-state index contributed by atoms with van der Waals surface area (Å²) in [4.78, 5) is 1.38. The zero-order valence-electron chi connectivity index (χ0n) is 25.9. The minimum atomic E-state index is 0.322. The lowest BCUT2D eigenvalue weighted by molar-refractivity contribution is 0.305. The zero-order chi connectivity index (χ0) is 31.3. The van der Waals surface area contributed by atoms with Gasteiger partial charge in [0.2, 0.25) is 0 Å². The van der Waals surface area contributed by atoms with Crippen LogP contribution in [-0.2, 0) is 25.7 Å². The Labute approximate surface area is 281 Å². The number of benzene rings is 4. The van der Waals surface area contributed by atoms with Crippen molar-refractivity contribution in [2.24, 2.45) is 0 Å². The zero-order valence-corrected chi connectivity index (χ0v) is 27.5. The Morgan fingerprint density at radius 3 is 1.00 bits per heavy atom. The van der Waals surface area contributed by atoms with Gasteiger partial charge >= 0.3 is 0 Å². The largest absolute Gasteiger partial charge is 0.493 e. The lowest BCUT2D eigenvalue weighted by atomic mass is 9.91. The Morgan fingerprint density at radius 2 is 0.696 bits per heavy atom. The molecule has 0 aromatic heterocycles. The minimum Gasteiger partial charge on any atom is -0.493 e. The second-order valence-electron chi connectivity index (χ2n) is 12.0. The van der Waals surface area contributed by atoms with Gasteiger partial charge in [0, 0.05) is 38.8 Å². The molecule has 0 saturated heterocycles. The van der Waals surface area contributed by atoms with Crippen LogP contribution in [0.1, 0.15) is 57.3 Å². The average molecular weight is 651 g/mol. The molecule has 0 spiro atoms. The molecular formula is C38H38N2O4S2. The van der Waals surface area contributed by atoms with Gasteiger partial charge < -0.3 is 29.6 Å². The third kappa shape index (κ3) is 6.83. The van der Waals surface area contributed by atoms with Crippen LogP contribution >= 0.6 is 24.4 Å². The van der Waals surface area contributed by atoms with Crippen molar-refractivity contribution in [3.8, 4) is 23.0 Å². The maximum atomic E-state index is 6.63. The van der Waals surface area contributed by atoms with E-state index >= 15 is 0 Å². The number of hydrogen-bond acceptors (Lipinski definition) is 6. The summed E-state index contributed by atoms with van der Waals surface area (Å²) in [5, 5.41) is 6.71. The molecule has 1 aliphatic carbocycles. The summed E-state index contributed by atoms with van der Waals surface area (Å²) in [5.41, 5.74) is 8.89. The Morgan fingerprint density at radius 1 is 0.413 bits per heavy atom. The van der Waals surface area contributed by atoms with Crippen molar-refractivity contribution in [1.82, 2.24) is 10.6 Å². The lowest BCUT2D eigenvalue weighted by Gasteiger charge is -2.22. The molecule has 0 radical (unpaired) electrons. The first-order valence-electron chi connectivity index (χ1n) is 16.1. The molecule has 8 heteroatoms. The van der Waals surface area contributed by atoms with Gasteiger partial charge in [0.05, 0.1) is 13.2 Å². The molecule has 46 heavy (non-hydrogen) atoms. The lowest BCUT2D eigenvalue weighted by Crippen LogP contribution is -2.29. The Balaban J connectivity index is 1.46. The SMILES string of the molecule is S=C1COc2c3cccc2Cc2cccc4c2OCCCNC(=S)COc2c(cccc2C4)Cc2cccc(c2OCCCN1)C3. The highest BCUT2D eigenvalue weighted by atomic mass is 32.1. The van der Waals surface area contributed by atoms with E-state index in [1.54, 1.807) is 0 Å². The number of para-hydroxylation sites is 4. The highest BCUT2D eigenvalue weighted by molar-refractivity contribution is 7.80. The Hall–Kier alpha value is -4.14. The molecule has 0 amide bonds. The normalized spacial score (nSPS) is 16.8. The highest BCUT2D eigenvalue weighted by Crippen LogP contribution is 2.39. The highest BCUT2D eigenvalue weighted by Gasteiger charge is 2.22. The fraction of sp³-hybridized carbons (Fsp3) is 0.316. The first-order valence-corrected chi connectivity index (χ1v) is 16.9. The third-order valence-corrected chi connectivity index (χ3v) is 9.24. The molecule has 2 aliphatic heterocycles. The van der Waals surface area contributed by atoms with Crippen LogP contribution in [0.25, 0.3) is 0 Å². The van der Waals surface area contributed by atoms with Crippen molar-refractivity contribution < 1.29 is 18.9 Å². The number of thiocarbonyl (C=S) groups is 2. The summed E-state index contributed by atoms with van der Waals surface area (Å²) in [7, 11) is 0. The van der Waals surface area contributed by atoms with E-state index in [0.717, 1.165) is 93.4 Å². The van der Waals surface area contributed by atoms with E-state index in [1.807, 2.05) is 0 Å². The second kappa shape index (κ2) is 14.1. The molecule has 7 rings (SSSR count). The Bertz CT molecular complexity index is 1640. The van der Waals surface area contributed by atoms with Crippen molar-refractivity contribution in [2.75, 3.05) is 39.5 Å². The standard InChI is InChI=1S/C38H38N2O4S2/c45-33-23-43-37-29-11-3-14-32(37)22-28-10-2-8-26-20-30-12-4-13-31(38(30)44-24-34(46)40-16-6-18-42-36(26)28)21-27-9-1-7-25(19-29)35(27)41-17-5-15-39-33/h1-4,7-14H,5-6,15-24H2,(H,39,45)(H,40,46). The van der Waals surface area contributed by atoms with Crippen LogP contribution in [0.3, 0.4) is 0 Å². The maximum Gasteiger partial charge on any atom is 0.138 e. The molecule has 0 atom stereocenters. The molecule has 0 saturated carbocycles. The van der Waals surface area contributed by atoms with Crippen molar-refractivity contribution in [1.29, 1.82) is 0 Å². The van der Waals surface area contributed by atoms with Crippen molar-refractivity contribution in [3.05, 3.63) is 117 Å². The molecule has 0 unspecified atom stereocenters. The summed E-state index contributed by atoms with van der Waals surface area (Å²) in [6.07, 6.45) is 4.28. The monoisotopic (exact) mass is 650 g/mol. The van der Waals surface area contributed by atoms with E-state index in [-0.39, 0.29) is 0 Å². The van der Waals surface area contributed by atoms with E-state index in [1.165, 1.54) is 0 Å². The van der Waals surface area contributed by atoms with Crippen LogP contribution in [-0.4, -0.2) is 49.5 Å². The van der Waals surface area contributed by atoms with Crippen molar-refractivity contribution >= 4 is 34.4 Å². The van der Waals surface area contributed by atoms with Crippen molar-refractivity contribution in [3.63, 3.8) is 0 Å². The van der Waals surface area contributed by atoms with Crippen LogP contribution in [0.4, 0.5) is 0 Å². The van der Waals surface area contributed by atoms with Crippen LogP contribution in [0.5, 0.6) is 23.0 Å². The van der Waals surface area contributed by atoms with E-state index < -0.39 is 0 Å². The molecule has 2 heterocycles. The van der Waals surface area contributed by atoms with Gasteiger partial charge in [-0.05, 0) is 57.3 Å². The number of hydrogen-bond donors (Lipinski definition) is 2. The molecule has 3 aliphatic rings. The molecule has 6 nitrogen and oxygen atoms in total. The summed E-state index contributed by atoms with van der Waals surface area (Å²) >= 11 is 11.3. The fourth-order valence-corrected chi connectivity index (χ4v) is 6.88. The van der Waals surface area contributed by atoms with Crippen LogP contribution in [0.15, 0.2) is 72.8 Å². The number of rotatable bonds is 0. The van der Waals surface area contributed by atoms with E-state index in [4.69, 9.17) is 43.4 Å². The van der Waals surface area contributed by atoms with Crippen LogP contribution in [0.2, 0.25) is 0 Å². The molecule has 4 aromatic rings. The quantitative estimate of drug-likeness (QED) is 0.184. The number of ether oxygens (including phenoxy) is 4. The van der Waals surface area contributed by atoms with Gasteiger partial charge in [0.1, 0.15) is 46.2 Å². The Kier molecular flexibility index (Phi) is 9.35. The number of nitrogens with one attached hydrogen (secondary N) is 2. The van der Waals surface area contributed by atoms with E-state index in [9.17, 15) is 0 Å². The summed E-state index contributed by atoms with van der Waals surface area (Å²) < 4.78 is 26.4. The van der Waals surface area contributed by atoms with E-state index in [0.29, 0.717) is 62.1 Å². The predicted octanol–water partition coefficient (Wildman–Crippen LogP) is 6.52. The first kappa shape index (κ1) is 30.5. The molecule has 4 aromatic carbocycles. The predicted molar refractivity (Wildman–Crippen MR) is 189 cm³/mol. The van der Waals surface area contributed by atoms with Gasteiger partial charge in [-0.1, -0.05) is 97.2 Å². The summed E-state index contributed by atoms with van der Waals surface area (Å²) in [6, 6.07) is 25.8. The molecule has 236 valence electrons. The van der Waals surface area contributed by atoms with Gasteiger partial charge in [0.15, 0.2) is 0 Å². The van der Waals surface area contributed by atoms with Gasteiger partial charge in [-0.25, -0.2) is 0 Å². The molecular weight excluding hydrogens is 613 g/mol. The summed E-state index contributed by atoms with van der Waals surface area (Å²) in [6.45, 7) is 3.24. The minimum absolute atomic E-state index is 0.322. The van der Waals surface area contributed by atoms with Gasteiger partial charge in [0.25, 0.3) is 0 Å². The second-order valence-corrected chi connectivity index (χ2v) is 13.0. The van der Waals surface area contributed by atoms with Gasteiger partial charge in [-0.2, -0.15) is 0 Å².